The molecule has 2 aromatic rings. The Labute approximate surface area is 129 Å². The molecule has 1 heterocycles. The molecule has 0 aliphatic rings. The molecule has 1 aromatic carbocycles. The van der Waals surface area contributed by atoms with E-state index >= 15 is 0 Å². The van der Waals surface area contributed by atoms with E-state index in [4.69, 9.17) is 0 Å². The summed E-state index contributed by atoms with van der Waals surface area (Å²) in [6.45, 7) is 5.21. The van der Waals surface area contributed by atoms with E-state index in [1.807, 2.05) is 0 Å². The number of rotatable bonds is 4. The van der Waals surface area contributed by atoms with Gasteiger partial charge in [-0.3, -0.25) is 0 Å². The third kappa shape index (κ3) is 3.05. The van der Waals surface area contributed by atoms with Crippen LogP contribution in [-0.4, -0.2) is 6.54 Å². The predicted molar refractivity (Wildman–Crippen MR) is 86.4 cm³/mol. The summed E-state index contributed by atoms with van der Waals surface area (Å²) in [4.78, 5) is 0. The SMILES string of the molecule is CCNC(c1ccc(Br)c(C)c1)c1cscc1Br. The van der Waals surface area contributed by atoms with Crippen molar-refractivity contribution in [3.8, 4) is 0 Å². The standard InChI is InChI=1S/C14H15Br2NS/c1-3-17-14(11-7-18-8-13(11)16)10-4-5-12(15)9(2)6-10/h4-8,14,17H,3H2,1-2H3. The maximum absolute atomic E-state index is 3.63. The highest BCUT2D eigenvalue weighted by Crippen LogP contribution is 2.32. The second-order valence-corrected chi connectivity index (χ2v) is 6.63. The zero-order valence-electron chi connectivity index (χ0n) is 10.3. The molecule has 0 amide bonds. The Morgan fingerprint density at radius 3 is 2.56 bits per heavy atom. The summed E-state index contributed by atoms with van der Waals surface area (Å²) in [6, 6.07) is 6.79. The van der Waals surface area contributed by atoms with Crippen molar-refractivity contribution in [2.45, 2.75) is 19.9 Å². The van der Waals surface area contributed by atoms with Crippen LogP contribution in [0.4, 0.5) is 0 Å². The van der Waals surface area contributed by atoms with Crippen molar-refractivity contribution in [3.05, 3.63) is 54.6 Å². The van der Waals surface area contributed by atoms with Crippen LogP contribution in [0.25, 0.3) is 0 Å². The molecule has 1 N–H and O–H groups in total. The van der Waals surface area contributed by atoms with E-state index in [1.165, 1.54) is 21.2 Å². The Hall–Kier alpha value is -0.160. The largest absolute Gasteiger partial charge is 0.306 e. The molecule has 1 unspecified atom stereocenters. The van der Waals surface area contributed by atoms with E-state index in [2.05, 4.69) is 80.0 Å². The molecule has 2 rings (SSSR count). The first kappa shape index (κ1) is 14.3. The smallest absolute Gasteiger partial charge is 0.0596 e. The zero-order chi connectivity index (χ0) is 13.1. The van der Waals surface area contributed by atoms with Gasteiger partial charge in [-0.2, -0.15) is 11.3 Å². The van der Waals surface area contributed by atoms with Gasteiger partial charge in [0.2, 0.25) is 0 Å². The molecule has 0 bridgehead atoms. The van der Waals surface area contributed by atoms with Gasteiger partial charge < -0.3 is 5.32 Å². The lowest BCUT2D eigenvalue weighted by Gasteiger charge is -2.19. The molecule has 0 radical (unpaired) electrons. The average Bonchev–Trinajstić information content (AvgIpc) is 2.76. The van der Waals surface area contributed by atoms with Crippen LogP contribution >= 0.6 is 43.2 Å². The quantitative estimate of drug-likeness (QED) is 0.751. The number of benzene rings is 1. The van der Waals surface area contributed by atoms with Crippen molar-refractivity contribution >= 4 is 43.2 Å². The highest BCUT2D eigenvalue weighted by atomic mass is 79.9. The minimum absolute atomic E-state index is 0.252. The first-order valence-corrected chi connectivity index (χ1v) is 8.37. The van der Waals surface area contributed by atoms with Gasteiger partial charge in [0.25, 0.3) is 0 Å². The van der Waals surface area contributed by atoms with Gasteiger partial charge in [-0.25, -0.2) is 0 Å². The topological polar surface area (TPSA) is 12.0 Å². The monoisotopic (exact) mass is 387 g/mol. The highest BCUT2D eigenvalue weighted by molar-refractivity contribution is 9.10. The molecule has 4 heteroatoms. The number of thiophene rings is 1. The number of halogens is 2. The average molecular weight is 389 g/mol. The molecule has 1 aromatic heterocycles. The summed E-state index contributed by atoms with van der Waals surface area (Å²) in [5, 5.41) is 7.88. The lowest BCUT2D eigenvalue weighted by Crippen LogP contribution is -2.21. The Kier molecular flexibility index (Phi) is 5.01. The summed E-state index contributed by atoms with van der Waals surface area (Å²) in [7, 11) is 0. The van der Waals surface area contributed by atoms with Gasteiger partial charge in [0.1, 0.15) is 0 Å². The Balaban J connectivity index is 2.41. The molecule has 0 aliphatic heterocycles. The predicted octanol–water partition coefficient (Wildman–Crippen LogP) is 5.28. The number of hydrogen-bond acceptors (Lipinski definition) is 2. The van der Waals surface area contributed by atoms with Crippen molar-refractivity contribution in [2.24, 2.45) is 0 Å². The van der Waals surface area contributed by atoms with Gasteiger partial charge in [-0.05, 0) is 57.5 Å². The van der Waals surface area contributed by atoms with E-state index in [0.29, 0.717) is 0 Å². The Morgan fingerprint density at radius 2 is 2.00 bits per heavy atom. The summed E-state index contributed by atoms with van der Waals surface area (Å²) in [5.74, 6) is 0. The van der Waals surface area contributed by atoms with Gasteiger partial charge in [-0.15, -0.1) is 0 Å². The van der Waals surface area contributed by atoms with Crippen LogP contribution in [0.5, 0.6) is 0 Å². The molecule has 0 spiro atoms. The lowest BCUT2D eigenvalue weighted by molar-refractivity contribution is 0.630. The second-order valence-electron chi connectivity index (χ2n) is 4.17. The molecule has 1 nitrogen and oxygen atoms in total. The van der Waals surface area contributed by atoms with Crippen LogP contribution in [0.15, 0.2) is 37.9 Å². The van der Waals surface area contributed by atoms with Gasteiger partial charge in [0.15, 0.2) is 0 Å². The van der Waals surface area contributed by atoms with Crippen molar-refractivity contribution < 1.29 is 0 Å². The Morgan fingerprint density at radius 1 is 1.22 bits per heavy atom. The molecule has 1 atom stereocenters. The fourth-order valence-electron chi connectivity index (χ4n) is 1.96. The van der Waals surface area contributed by atoms with Crippen LogP contribution in [0.3, 0.4) is 0 Å². The summed E-state index contributed by atoms with van der Waals surface area (Å²) in [6.07, 6.45) is 0. The summed E-state index contributed by atoms with van der Waals surface area (Å²) in [5.41, 5.74) is 3.88. The third-order valence-electron chi connectivity index (χ3n) is 2.88. The van der Waals surface area contributed by atoms with E-state index < -0.39 is 0 Å². The first-order valence-electron chi connectivity index (χ1n) is 5.84. The van der Waals surface area contributed by atoms with E-state index in [0.717, 1.165) is 11.0 Å². The third-order valence-corrected chi connectivity index (χ3v) is 5.52. The molecule has 0 saturated carbocycles. The second kappa shape index (κ2) is 6.33. The van der Waals surface area contributed by atoms with E-state index in [1.54, 1.807) is 11.3 Å². The highest BCUT2D eigenvalue weighted by Gasteiger charge is 2.17. The van der Waals surface area contributed by atoms with E-state index in [-0.39, 0.29) is 6.04 Å². The van der Waals surface area contributed by atoms with Gasteiger partial charge >= 0.3 is 0 Å². The van der Waals surface area contributed by atoms with Crippen LogP contribution in [0.2, 0.25) is 0 Å². The zero-order valence-corrected chi connectivity index (χ0v) is 14.3. The molecule has 96 valence electrons. The van der Waals surface area contributed by atoms with Crippen molar-refractivity contribution in [3.63, 3.8) is 0 Å². The number of hydrogen-bond donors (Lipinski definition) is 1. The normalized spacial score (nSPS) is 12.7. The molecular weight excluding hydrogens is 374 g/mol. The first-order chi connectivity index (χ1) is 8.63. The fraction of sp³-hybridized carbons (Fsp3) is 0.286. The van der Waals surface area contributed by atoms with Crippen LogP contribution in [0.1, 0.15) is 29.7 Å². The number of aryl methyl sites for hydroxylation is 1. The molecule has 0 saturated heterocycles. The molecular formula is C14H15Br2NS. The van der Waals surface area contributed by atoms with Gasteiger partial charge in [0, 0.05) is 14.3 Å². The van der Waals surface area contributed by atoms with Crippen LogP contribution in [-0.2, 0) is 0 Å². The van der Waals surface area contributed by atoms with Crippen LogP contribution in [0, 0.1) is 6.92 Å². The van der Waals surface area contributed by atoms with Crippen LogP contribution < -0.4 is 5.32 Å². The van der Waals surface area contributed by atoms with Gasteiger partial charge in [-0.1, -0.05) is 35.0 Å². The number of nitrogens with one attached hydrogen (secondary N) is 1. The molecule has 18 heavy (non-hydrogen) atoms. The van der Waals surface area contributed by atoms with Crippen molar-refractivity contribution in [1.29, 1.82) is 0 Å². The maximum atomic E-state index is 3.63. The van der Waals surface area contributed by atoms with Gasteiger partial charge in [0.05, 0.1) is 6.04 Å². The minimum atomic E-state index is 0.252. The summed E-state index contributed by atoms with van der Waals surface area (Å²) < 4.78 is 2.34. The Bertz CT molecular complexity index is 536. The minimum Gasteiger partial charge on any atom is -0.306 e. The summed E-state index contributed by atoms with van der Waals surface area (Å²) >= 11 is 8.91. The van der Waals surface area contributed by atoms with Crippen molar-refractivity contribution in [2.75, 3.05) is 6.54 Å². The van der Waals surface area contributed by atoms with E-state index in [9.17, 15) is 0 Å². The molecule has 0 fully saturated rings. The molecule has 0 aliphatic carbocycles. The lowest BCUT2D eigenvalue weighted by atomic mass is 9.99. The van der Waals surface area contributed by atoms with Crippen molar-refractivity contribution in [1.82, 2.24) is 5.32 Å². The fourth-order valence-corrected chi connectivity index (χ4v) is 3.75. The maximum Gasteiger partial charge on any atom is 0.0596 e.